The summed E-state index contributed by atoms with van der Waals surface area (Å²) in [5.41, 5.74) is 1.06. The van der Waals surface area contributed by atoms with Crippen LogP contribution in [0.2, 0.25) is 0 Å². The SMILES string of the molecule is C=C(C)C[C@H]1COCC1=O. The quantitative estimate of drug-likeness (QED) is 0.538. The van der Waals surface area contributed by atoms with Gasteiger partial charge in [-0.1, -0.05) is 5.57 Å². The van der Waals surface area contributed by atoms with E-state index in [2.05, 4.69) is 6.58 Å². The zero-order valence-corrected chi connectivity index (χ0v) is 6.22. The monoisotopic (exact) mass is 140 g/mol. The topological polar surface area (TPSA) is 26.3 Å². The van der Waals surface area contributed by atoms with Crippen molar-refractivity contribution in [1.82, 2.24) is 0 Å². The fourth-order valence-electron chi connectivity index (χ4n) is 1.11. The van der Waals surface area contributed by atoms with Crippen molar-refractivity contribution < 1.29 is 9.53 Å². The molecule has 0 unspecified atom stereocenters. The number of ketones is 1. The van der Waals surface area contributed by atoms with Gasteiger partial charge in [0.25, 0.3) is 0 Å². The molecule has 0 aromatic rings. The molecule has 56 valence electrons. The van der Waals surface area contributed by atoms with Crippen molar-refractivity contribution in [2.75, 3.05) is 13.2 Å². The molecule has 1 saturated heterocycles. The van der Waals surface area contributed by atoms with Gasteiger partial charge >= 0.3 is 0 Å². The molecule has 0 aliphatic carbocycles. The third kappa shape index (κ3) is 1.67. The number of carbonyl (C=O) groups excluding carboxylic acids is 1. The minimum Gasteiger partial charge on any atom is -0.373 e. The zero-order chi connectivity index (χ0) is 7.56. The molecule has 10 heavy (non-hydrogen) atoms. The molecule has 0 bridgehead atoms. The summed E-state index contributed by atoms with van der Waals surface area (Å²) in [6.45, 7) is 6.57. The highest BCUT2D eigenvalue weighted by Crippen LogP contribution is 2.16. The van der Waals surface area contributed by atoms with E-state index in [1.165, 1.54) is 0 Å². The van der Waals surface area contributed by atoms with Gasteiger partial charge < -0.3 is 4.74 Å². The number of ether oxygens (including phenoxy) is 1. The molecule has 1 aliphatic heterocycles. The van der Waals surface area contributed by atoms with Gasteiger partial charge in [0.2, 0.25) is 0 Å². The van der Waals surface area contributed by atoms with E-state index in [9.17, 15) is 4.79 Å². The number of carbonyl (C=O) groups is 1. The minimum absolute atomic E-state index is 0.0949. The van der Waals surface area contributed by atoms with Gasteiger partial charge in [-0.2, -0.15) is 0 Å². The Morgan fingerprint density at radius 1 is 1.90 bits per heavy atom. The molecule has 0 radical (unpaired) electrons. The summed E-state index contributed by atoms with van der Waals surface area (Å²) in [7, 11) is 0. The summed E-state index contributed by atoms with van der Waals surface area (Å²) in [4.78, 5) is 10.9. The van der Waals surface area contributed by atoms with Gasteiger partial charge in [0.05, 0.1) is 6.61 Å². The van der Waals surface area contributed by atoms with E-state index in [4.69, 9.17) is 4.74 Å². The molecule has 1 heterocycles. The van der Waals surface area contributed by atoms with Crippen molar-refractivity contribution in [3.8, 4) is 0 Å². The maximum Gasteiger partial charge on any atom is 0.164 e. The fraction of sp³-hybridized carbons (Fsp3) is 0.625. The van der Waals surface area contributed by atoms with Crippen molar-refractivity contribution in [3.05, 3.63) is 12.2 Å². The largest absolute Gasteiger partial charge is 0.373 e. The molecular formula is C8H12O2. The smallest absolute Gasteiger partial charge is 0.164 e. The minimum atomic E-state index is 0.0949. The van der Waals surface area contributed by atoms with E-state index in [1.54, 1.807) is 0 Å². The number of allylic oxidation sites excluding steroid dienone is 1. The normalized spacial score (nSPS) is 25.3. The van der Waals surface area contributed by atoms with Crippen LogP contribution < -0.4 is 0 Å². The average molecular weight is 140 g/mol. The lowest BCUT2D eigenvalue weighted by molar-refractivity contribution is -0.120. The van der Waals surface area contributed by atoms with Crippen LogP contribution in [-0.2, 0) is 9.53 Å². The molecule has 1 fully saturated rings. The number of Topliss-reactive ketones (excluding diaryl/α,β-unsaturated/α-hetero) is 1. The second-order valence-electron chi connectivity index (χ2n) is 2.84. The number of hydrogen-bond acceptors (Lipinski definition) is 2. The van der Waals surface area contributed by atoms with Crippen LogP contribution in [0.3, 0.4) is 0 Å². The Balaban J connectivity index is 2.40. The van der Waals surface area contributed by atoms with Gasteiger partial charge in [-0.25, -0.2) is 0 Å². The lowest BCUT2D eigenvalue weighted by atomic mass is 10.00. The molecule has 1 atom stereocenters. The Labute approximate surface area is 60.9 Å². The van der Waals surface area contributed by atoms with Gasteiger partial charge in [-0.05, 0) is 13.3 Å². The third-order valence-corrected chi connectivity index (χ3v) is 1.61. The molecule has 2 heteroatoms. The first-order chi connectivity index (χ1) is 4.70. The van der Waals surface area contributed by atoms with Crippen molar-refractivity contribution >= 4 is 5.78 Å². The third-order valence-electron chi connectivity index (χ3n) is 1.61. The van der Waals surface area contributed by atoms with Gasteiger partial charge in [0.1, 0.15) is 6.61 Å². The van der Waals surface area contributed by atoms with Gasteiger partial charge in [0.15, 0.2) is 5.78 Å². The molecule has 1 aliphatic rings. The standard InChI is InChI=1S/C8H12O2/c1-6(2)3-7-4-10-5-8(7)9/h7H,1,3-5H2,2H3/t7-/m0/s1. The van der Waals surface area contributed by atoms with E-state index in [0.717, 1.165) is 12.0 Å². The molecule has 0 amide bonds. The Kier molecular flexibility index (Phi) is 2.22. The maximum absolute atomic E-state index is 10.9. The van der Waals surface area contributed by atoms with Crippen LogP contribution in [0.1, 0.15) is 13.3 Å². The van der Waals surface area contributed by atoms with Crippen LogP contribution in [0.25, 0.3) is 0 Å². The predicted molar refractivity (Wildman–Crippen MR) is 38.7 cm³/mol. The van der Waals surface area contributed by atoms with E-state index in [1.807, 2.05) is 6.92 Å². The highest BCUT2D eigenvalue weighted by molar-refractivity contribution is 5.84. The first kappa shape index (κ1) is 7.48. The average Bonchev–Trinajstić information content (AvgIpc) is 2.15. The summed E-state index contributed by atoms with van der Waals surface area (Å²) in [6.07, 6.45) is 0.791. The van der Waals surface area contributed by atoms with E-state index in [-0.39, 0.29) is 11.7 Å². The van der Waals surface area contributed by atoms with Crippen molar-refractivity contribution in [2.24, 2.45) is 5.92 Å². The molecule has 0 aromatic carbocycles. The van der Waals surface area contributed by atoms with Crippen molar-refractivity contribution in [3.63, 3.8) is 0 Å². The van der Waals surface area contributed by atoms with Gasteiger partial charge in [0, 0.05) is 5.92 Å². The fourth-order valence-corrected chi connectivity index (χ4v) is 1.11. The Bertz CT molecular complexity index is 161. The van der Waals surface area contributed by atoms with Crippen LogP contribution in [-0.4, -0.2) is 19.0 Å². The number of rotatable bonds is 2. The maximum atomic E-state index is 10.9. The number of hydrogen-bond donors (Lipinski definition) is 0. The van der Waals surface area contributed by atoms with E-state index in [0.29, 0.717) is 13.2 Å². The summed E-state index contributed by atoms with van der Waals surface area (Å²) >= 11 is 0. The lowest BCUT2D eigenvalue weighted by Crippen LogP contribution is -2.10. The van der Waals surface area contributed by atoms with Crippen LogP contribution in [0.4, 0.5) is 0 Å². The van der Waals surface area contributed by atoms with Crippen molar-refractivity contribution in [2.45, 2.75) is 13.3 Å². The van der Waals surface area contributed by atoms with E-state index < -0.39 is 0 Å². The summed E-state index contributed by atoms with van der Waals surface area (Å²) in [6, 6.07) is 0. The molecular weight excluding hydrogens is 128 g/mol. The molecule has 0 saturated carbocycles. The Morgan fingerprint density at radius 3 is 3.00 bits per heavy atom. The molecule has 0 aromatic heterocycles. The van der Waals surface area contributed by atoms with Crippen molar-refractivity contribution in [1.29, 1.82) is 0 Å². The lowest BCUT2D eigenvalue weighted by Gasteiger charge is -2.03. The molecule has 2 nitrogen and oxygen atoms in total. The Hall–Kier alpha value is -0.630. The highest BCUT2D eigenvalue weighted by atomic mass is 16.5. The Morgan fingerprint density at radius 2 is 2.60 bits per heavy atom. The first-order valence-corrected chi connectivity index (χ1v) is 3.45. The van der Waals surface area contributed by atoms with Crippen LogP contribution in [0.15, 0.2) is 12.2 Å². The molecule has 1 rings (SSSR count). The zero-order valence-electron chi connectivity index (χ0n) is 6.22. The predicted octanol–water partition coefficient (Wildman–Crippen LogP) is 1.17. The summed E-state index contributed by atoms with van der Waals surface area (Å²) in [5, 5.41) is 0. The van der Waals surface area contributed by atoms with Gasteiger partial charge in [-0.15, -0.1) is 6.58 Å². The van der Waals surface area contributed by atoms with Gasteiger partial charge in [-0.3, -0.25) is 4.79 Å². The van der Waals surface area contributed by atoms with Crippen LogP contribution >= 0.6 is 0 Å². The molecule has 0 spiro atoms. The summed E-state index contributed by atoms with van der Waals surface area (Å²) < 4.78 is 4.98. The second-order valence-corrected chi connectivity index (χ2v) is 2.84. The summed E-state index contributed by atoms with van der Waals surface area (Å²) in [5.74, 6) is 0.320. The highest BCUT2D eigenvalue weighted by Gasteiger charge is 2.24. The van der Waals surface area contributed by atoms with Crippen LogP contribution in [0.5, 0.6) is 0 Å². The second kappa shape index (κ2) is 2.97. The first-order valence-electron chi connectivity index (χ1n) is 3.45. The van der Waals surface area contributed by atoms with Crippen LogP contribution in [0, 0.1) is 5.92 Å². The van der Waals surface area contributed by atoms with E-state index >= 15 is 0 Å². The molecule has 0 N–H and O–H groups in total.